The van der Waals surface area contributed by atoms with Crippen molar-refractivity contribution in [1.82, 2.24) is 10.6 Å². The Morgan fingerprint density at radius 3 is 1.87 bits per heavy atom. The highest BCUT2D eigenvalue weighted by molar-refractivity contribution is 8.76. The van der Waals surface area contributed by atoms with Crippen LogP contribution in [0.15, 0.2) is 0 Å². The Hall–Kier alpha value is -0.235. The molecule has 0 saturated carbocycles. The molecule has 1 aliphatic heterocycles. The lowest BCUT2D eigenvalue weighted by Gasteiger charge is -2.15. The molecule has 0 bridgehead atoms. The molecular formula is C25H51BN2O14P2S2. The molecule has 0 aromatic rings. The third-order valence-electron chi connectivity index (χ3n) is 6.10. The smallest absolute Gasteiger partial charge is 0.382 e. The lowest BCUT2D eigenvalue weighted by molar-refractivity contribution is -0.121. The van der Waals surface area contributed by atoms with Crippen molar-refractivity contribution in [3.05, 3.63) is 0 Å². The number of carbonyl (C=O) groups excluding carboxylic acids is 2. The van der Waals surface area contributed by atoms with Gasteiger partial charge in [0.2, 0.25) is 11.8 Å². The van der Waals surface area contributed by atoms with Gasteiger partial charge < -0.3 is 44.3 Å². The zero-order chi connectivity index (χ0) is 33.9. The minimum absolute atomic E-state index is 0.0168. The van der Waals surface area contributed by atoms with Gasteiger partial charge in [0.05, 0.1) is 65.6 Å². The fraction of sp³-hybridized carbons (Fsp3) is 0.920. The number of amides is 2. The first-order chi connectivity index (χ1) is 22.0. The Kier molecular flexibility index (Phi) is 26.2. The number of phosphoric ester groups is 2. The fourth-order valence-corrected chi connectivity index (χ4v) is 6.88. The summed E-state index contributed by atoms with van der Waals surface area (Å²) in [7, 11) is -3.49. The summed E-state index contributed by atoms with van der Waals surface area (Å²) in [6.07, 6.45) is 5.21. The van der Waals surface area contributed by atoms with Crippen molar-refractivity contribution < 1.29 is 65.9 Å². The predicted octanol–water partition coefficient (Wildman–Crippen LogP) is 1.37. The van der Waals surface area contributed by atoms with Crippen LogP contribution in [-0.4, -0.2) is 131 Å². The Morgan fingerprint density at radius 2 is 1.28 bits per heavy atom. The Balaban J connectivity index is 1.78. The Labute approximate surface area is 280 Å². The maximum Gasteiger partial charge on any atom is 0.472 e. The molecule has 1 fully saturated rings. The van der Waals surface area contributed by atoms with Crippen LogP contribution in [-0.2, 0) is 51.2 Å². The van der Waals surface area contributed by atoms with Gasteiger partial charge in [-0.3, -0.25) is 23.2 Å². The standard InChI is InChI=1S/C25H51BN2O14P2S2/c26-23-6-5-22(42-23)21-41-44(34,35)40-18-17-38-16-15-37-14-13-36-12-10-28-25(30)8-20-46-45-19-7-24(29)27-9-3-1-2-4-11-39-43(31,32)33/h22-23H,1-21,26H2,(H,27,29)(H,28,30)(H,34,35)(H2,31,32,33). The van der Waals surface area contributed by atoms with E-state index in [1.165, 1.54) is 0 Å². The molecule has 1 heterocycles. The molecule has 0 radical (unpaired) electrons. The maximum absolute atomic E-state index is 11.9. The summed E-state index contributed by atoms with van der Waals surface area (Å²) in [5.41, 5.74) is 0. The highest BCUT2D eigenvalue weighted by atomic mass is 33.1. The summed E-state index contributed by atoms with van der Waals surface area (Å²) in [6.45, 7) is 2.73. The second-order valence-corrected chi connectivity index (χ2v) is 15.6. The molecule has 0 spiro atoms. The maximum atomic E-state index is 11.9. The zero-order valence-electron chi connectivity index (χ0n) is 26.5. The zero-order valence-corrected chi connectivity index (χ0v) is 30.0. The quantitative estimate of drug-likeness (QED) is 0.0294. The largest absolute Gasteiger partial charge is 0.472 e. The van der Waals surface area contributed by atoms with Crippen LogP contribution in [0.1, 0.15) is 51.4 Å². The molecule has 1 aliphatic rings. The number of unbranched alkanes of at least 4 members (excludes halogenated alkanes) is 3. The molecule has 2 amide bonds. The van der Waals surface area contributed by atoms with E-state index in [9.17, 15) is 23.6 Å². The summed E-state index contributed by atoms with van der Waals surface area (Å²) in [4.78, 5) is 50.6. The number of hydrogen-bond acceptors (Lipinski definition) is 13. The van der Waals surface area contributed by atoms with Crippen LogP contribution in [0.2, 0.25) is 0 Å². The van der Waals surface area contributed by atoms with Crippen molar-refractivity contribution in [3.63, 3.8) is 0 Å². The lowest BCUT2D eigenvalue weighted by Crippen LogP contribution is -2.27. The molecule has 46 heavy (non-hydrogen) atoms. The van der Waals surface area contributed by atoms with Crippen molar-refractivity contribution in [2.24, 2.45) is 0 Å². The van der Waals surface area contributed by atoms with Gasteiger partial charge in [0.15, 0.2) is 0 Å². The van der Waals surface area contributed by atoms with E-state index in [-0.39, 0.29) is 50.3 Å². The monoisotopic (exact) mass is 740 g/mol. The van der Waals surface area contributed by atoms with E-state index in [2.05, 4.69) is 15.2 Å². The van der Waals surface area contributed by atoms with Gasteiger partial charge in [0.25, 0.3) is 0 Å². The molecule has 5 N–H and O–H groups in total. The van der Waals surface area contributed by atoms with Crippen LogP contribution < -0.4 is 10.6 Å². The van der Waals surface area contributed by atoms with E-state index >= 15 is 0 Å². The van der Waals surface area contributed by atoms with Crippen LogP contribution in [0.3, 0.4) is 0 Å². The average molecular weight is 741 g/mol. The molecule has 3 atom stereocenters. The first kappa shape index (κ1) is 43.8. The van der Waals surface area contributed by atoms with Crippen LogP contribution in [0, 0.1) is 0 Å². The number of rotatable bonds is 31. The van der Waals surface area contributed by atoms with Gasteiger partial charge in [0, 0.05) is 43.4 Å². The second-order valence-electron chi connectivity index (χ2n) is 10.2. The number of carbonyl (C=O) groups is 2. The van der Waals surface area contributed by atoms with Crippen LogP contribution >= 0.6 is 37.2 Å². The number of ether oxygens (including phenoxy) is 4. The van der Waals surface area contributed by atoms with E-state index in [0.717, 1.165) is 32.1 Å². The van der Waals surface area contributed by atoms with Crippen LogP contribution in [0.5, 0.6) is 0 Å². The van der Waals surface area contributed by atoms with E-state index < -0.39 is 15.6 Å². The van der Waals surface area contributed by atoms with E-state index in [1.54, 1.807) is 21.6 Å². The highest BCUT2D eigenvalue weighted by Crippen LogP contribution is 2.43. The van der Waals surface area contributed by atoms with Gasteiger partial charge in [-0.2, -0.15) is 0 Å². The van der Waals surface area contributed by atoms with Crippen molar-refractivity contribution in [2.45, 2.75) is 63.5 Å². The van der Waals surface area contributed by atoms with Crippen molar-refractivity contribution in [2.75, 3.05) is 84.1 Å². The lowest BCUT2D eigenvalue weighted by atomic mass is 9.97. The Bertz CT molecular complexity index is 911. The average Bonchev–Trinajstić information content (AvgIpc) is 3.42. The van der Waals surface area contributed by atoms with Gasteiger partial charge in [-0.05, 0) is 25.7 Å². The third kappa shape index (κ3) is 28.7. The number of phosphoric acid groups is 2. The molecule has 16 nitrogen and oxygen atoms in total. The first-order valence-electron chi connectivity index (χ1n) is 15.5. The normalized spacial score (nSPS) is 18.0. The molecule has 0 aromatic heterocycles. The molecular weight excluding hydrogens is 689 g/mol. The molecule has 3 unspecified atom stereocenters. The summed E-state index contributed by atoms with van der Waals surface area (Å²) < 4.78 is 58.3. The molecule has 270 valence electrons. The SMILES string of the molecule is BC1CCC(COP(=O)(O)OCCOCCOCCOCCNC(=O)CCSSCCC(=O)NCCCCCCOP(=O)(O)O)O1. The molecule has 0 aromatic carbocycles. The van der Waals surface area contributed by atoms with Crippen LogP contribution in [0.25, 0.3) is 0 Å². The Morgan fingerprint density at radius 1 is 0.717 bits per heavy atom. The summed E-state index contributed by atoms with van der Waals surface area (Å²) in [5, 5.41) is 5.64. The van der Waals surface area contributed by atoms with Gasteiger partial charge in [-0.25, -0.2) is 9.13 Å². The topological polar surface area (TPSA) is 218 Å². The fourth-order valence-electron chi connectivity index (χ4n) is 3.79. The third-order valence-corrected chi connectivity index (χ3v) is 10.0. The van der Waals surface area contributed by atoms with E-state index in [0.29, 0.717) is 76.9 Å². The second kappa shape index (κ2) is 27.6. The van der Waals surface area contributed by atoms with E-state index in [4.69, 9.17) is 37.8 Å². The van der Waals surface area contributed by atoms with Gasteiger partial charge in [-0.1, -0.05) is 34.4 Å². The molecule has 21 heteroatoms. The molecule has 1 rings (SSSR count). The predicted molar refractivity (Wildman–Crippen MR) is 177 cm³/mol. The molecule has 1 saturated heterocycles. The van der Waals surface area contributed by atoms with Gasteiger partial charge in [-0.15, -0.1) is 0 Å². The summed E-state index contributed by atoms with van der Waals surface area (Å²) in [5.74, 6) is 1.18. The van der Waals surface area contributed by atoms with Gasteiger partial charge >= 0.3 is 15.6 Å². The minimum Gasteiger partial charge on any atom is -0.382 e. The number of hydrogen-bond donors (Lipinski definition) is 5. The number of nitrogens with one attached hydrogen (secondary N) is 2. The summed E-state index contributed by atoms with van der Waals surface area (Å²) in [6, 6.07) is 0.132. The first-order valence-corrected chi connectivity index (χ1v) is 21.0. The minimum atomic E-state index is -4.39. The van der Waals surface area contributed by atoms with Crippen molar-refractivity contribution >= 4 is 56.9 Å². The van der Waals surface area contributed by atoms with Gasteiger partial charge in [0.1, 0.15) is 7.85 Å². The van der Waals surface area contributed by atoms with Crippen molar-refractivity contribution in [1.29, 1.82) is 0 Å². The highest BCUT2D eigenvalue weighted by Gasteiger charge is 2.27. The molecule has 0 aliphatic carbocycles. The van der Waals surface area contributed by atoms with Crippen molar-refractivity contribution in [3.8, 4) is 0 Å². The van der Waals surface area contributed by atoms with Crippen LogP contribution in [0.4, 0.5) is 0 Å². The van der Waals surface area contributed by atoms with E-state index in [1.807, 2.05) is 7.85 Å². The summed E-state index contributed by atoms with van der Waals surface area (Å²) >= 11 is 0.